The molecule has 0 saturated carbocycles. The van der Waals surface area contributed by atoms with Crippen LogP contribution in [-0.2, 0) is 0 Å². The molecule has 8 nitrogen and oxygen atoms in total. The summed E-state index contributed by atoms with van der Waals surface area (Å²) in [5, 5.41) is 24.3. The zero-order valence-electron chi connectivity index (χ0n) is 16.4. The summed E-state index contributed by atoms with van der Waals surface area (Å²) in [6.45, 7) is 4.76. The van der Waals surface area contributed by atoms with Gasteiger partial charge in [-0.05, 0) is 50.9 Å². The Morgan fingerprint density at radius 2 is 2.14 bits per heavy atom. The van der Waals surface area contributed by atoms with Crippen LogP contribution < -0.4 is 5.32 Å². The fraction of sp³-hybridized carbons (Fsp3) is 0.429. The van der Waals surface area contributed by atoms with Gasteiger partial charge in [0.25, 0.3) is 5.91 Å². The molecule has 3 aromatic rings. The normalized spacial score (nSPS) is 26.0. The Morgan fingerprint density at radius 3 is 2.90 bits per heavy atom. The maximum atomic E-state index is 12.8. The molecule has 0 aliphatic carbocycles. The number of aliphatic hydroxyl groups is 1. The highest BCUT2D eigenvalue weighted by atomic mass is 16.3. The number of hydrogen-bond donors (Lipinski definition) is 2. The summed E-state index contributed by atoms with van der Waals surface area (Å²) in [5.41, 5.74) is 0.928. The van der Waals surface area contributed by atoms with E-state index in [4.69, 9.17) is 0 Å². The van der Waals surface area contributed by atoms with Gasteiger partial charge in [0.1, 0.15) is 0 Å². The first kappa shape index (κ1) is 18.2. The van der Waals surface area contributed by atoms with E-state index in [1.54, 1.807) is 17.1 Å². The standard InChI is InChI=1S/C21H24N6O2/c1-14-19(20(28)23-12-21(29)13-26-9-6-16(21)7-10-26)24-25-27(14)18-4-2-3-15-11-22-8-5-17(15)18/h2-5,8,11,16,29H,6-7,9-10,12-13H2,1H3,(H,23,28). The minimum atomic E-state index is -0.862. The molecule has 2 aromatic heterocycles. The maximum absolute atomic E-state index is 12.8. The number of hydrogen-bond acceptors (Lipinski definition) is 6. The topological polar surface area (TPSA) is 96.2 Å². The van der Waals surface area contributed by atoms with Crippen LogP contribution in [0.15, 0.2) is 36.7 Å². The maximum Gasteiger partial charge on any atom is 0.273 e. The molecule has 0 spiro atoms. The first-order valence-electron chi connectivity index (χ1n) is 10.0. The van der Waals surface area contributed by atoms with Crippen molar-refractivity contribution in [2.75, 3.05) is 26.2 Å². The van der Waals surface area contributed by atoms with E-state index in [1.807, 2.05) is 31.2 Å². The van der Waals surface area contributed by atoms with Crippen molar-refractivity contribution in [2.45, 2.75) is 25.4 Å². The molecule has 8 heteroatoms. The molecular formula is C21H24N6O2. The van der Waals surface area contributed by atoms with E-state index >= 15 is 0 Å². The Labute approximate surface area is 168 Å². The molecule has 6 rings (SSSR count). The van der Waals surface area contributed by atoms with E-state index in [2.05, 4.69) is 25.5 Å². The molecule has 29 heavy (non-hydrogen) atoms. The monoisotopic (exact) mass is 392 g/mol. The summed E-state index contributed by atoms with van der Waals surface area (Å²) >= 11 is 0. The van der Waals surface area contributed by atoms with Crippen LogP contribution in [0.5, 0.6) is 0 Å². The predicted octanol–water partition coefficient (Wildman–Crippen LogP) is 1.31. The largest absolute Gasteiger partial charge is 0.386 e. The second-order valence-corrected chi connectivity index (χ2v) is 8.15. The highest BCUT2D eigenvalue weighted by Gasteiger charge is 2.45. The van der Waals surface area contributed by atoms with Crippen LogP contribution in [0.1, 0.15) is 29.0 Å². The van der Waals surface area contributed by atoms with Crippen molar-refractivity contribution in [1.29, 1.82) is 0 Å². The fourth-order valence-electron chi connectivity index (χ4n) is 4.72. The molecule has 1 unspecified atom stereocenters. The molecule has 1 atom stereocenters. The average Bonchev–Trinajstić information content (AvgIpc) is 3.13. The Kier molecular flexibility index (Phi) is 4.33. The number of nitrogens with one attached hydrogen (secondary N) is 1. The number of carbonyl (C=O) groups excluding carboxylic acids is 1. The van der Waals surface area contributed by atoms with Crippen LogP contribution in [0.25, 0.3) is 16.5 Å². The van der Waals surface area contributed by atoms with Crippen LogP contribution in [0.4, 0.5) is 0 Å². The van der Waals surface area contributed by atoms with Crippen LogP contribution in [-0.4, -0.2) is 67.7 Å². The number of pyridine rings is 1. The van der Waals surface area contributed by atoms with Crippen LogP contribution in [0, 0.1) is 12.8 Å². The number of nitrogens with zero attached hydrogens (tertiary/aromatic N) is 5. The summed E-state index contributed by atoms with van der Waals surface area (Å²) in [4.78, 5) is 19.2. The number of piperidine rings is 3. The van der Waals surface area contributed by atoms with E-state index in [0.29, 0.717) is 12.2 Å². The van der Waals surface area contributed by atoms with Gasteiger partial charge in [-0.1, -0.05) is 17.3 Å². The summed E-state index contributed by atoms with van der Waals surface area (Å²) in [7, 11) is 0. The molecule has 0 radical (unpaired) electrons. The van der Waals surface area contributed by atoms with Gasteiger partial charge in [0.2, 0.25) is 0 Å². The van der Waals surface area contributed by atoms with Gasteiger partial charge < -0.3 is 15.3 Å². The second kappa shape index (κ2) is 6.89. The van der Waals surface area contributed by atoms with Crippen molar-refractivity contribution in [3.8, 4) is 5.69 Å². The summed E-state index contributed by atoms with van der Waals surface area (Å²) in [6, 6.07) is 7.79. The first-order valence-corrected chi connectivity index (χ1v) is 10.0. The molecule has 1 amide bonds. The van der Waals surface area contributed by atoms with Gasteiger partial charge in [-0.15, -0.1) is 5.10 Å². The zero-order chi connectivity index (χ0) is 20.0. The van der Waals surface area contributed by atoms with Gasteiger partial charge in [0.05, 0.1) is 17.0 Å². The van der Waals surface area contributed by atoms with Gasteiger partial charge in [-0.2, -0.15) is 0 Å². The fourth-order valence-corrected chi connectivity index (χ4v) is 4.72. The lowest BCUT2D eigenvalue weighted by Gasteiger charge is -2.50. The third-order valence-electron chi connectivity index (χ3n) is 6.40. The molecule has 3 fully saturated rings. The summed E-state index contributed by atoms with van der Waals surface area (Å²) < 4.78 is 1.68. The predicted molar refractivity (Wildman–Crippen MR) is 108 cm³/mol. The zero-order valence-corrected chi connectivity index (χ0v) is 16.4. The minimum Gasteiger partial charge on any atom is -0.386 e. The third-order valence-corrected chi connectivity index (χ3v) is 6.40. The van der Waals surface area contributed by atoms with E-state index in [-0.39, 0.29) is 24.1 Å². The number of aromatic nitrogens is 4. The van der Waals surface area contributed by atoms with Gasteiger partial charge in [0, 0.05) is 36.3 Å². The lowest BCUT2D eigenvalue weighted by atomic mass is 9.75. The molecule has 2 bridgehead atoms. The smallest absolute Gasteiger partial charge is 0.273 e. The molecule has 3 saturated heterocycles. The molecule has 2 N–H and O–H groups in total. The number of rotatable bonds is 4. The lowest BCUT2D eigenvalue weighted by Crippen LogP contribution is -2.63. The van der Waals surface area contributed by atoms with E-state index < -0.39 is 5.60 Å². The van der Waals surface area contributed by atoms with Gasteiger partial charge >= 0.3 is 0 Å². The van der Waals surface area contributed by atoms with E-state index in [1.165, 1.54) is 0 Å². The first-order chi connectivity index (χ1) is 14.0. The van der Waals surface area contributed by atoms with Gasteiger partial charge in [-0.25, -0.2) is 4.68 Å². The van der Waals surface area contributed by atoms with Gasteiger partial charge in [0.15, 0.2) is 5.69 Å². The van der Waals surface area contributed by atoms with Crippen LogP contribution >= 0.6 is 0 Å². The van der Waals surface area contributed by atoms with Crippen molar-refractivity contribution < 1.29 is 9.90 Å². The Morgan fingerprint density at radius 1 is 1.31 bits per heavy atom. The molecule has 150 valence electrons. The SMILES string of the molecule is Cc1c(C(=O)NCC2(O)CN3CCC2CC3)nnn1-c1cccc2cnccc12. The number of amides is 1. The number of fused-ring (bicyclic) bond motifs is 4. The lowest BCUT2D eigenvalue weighted by molar-refractivity contribution is -0.108. The second-order valence-electron chi connectivity index (χ2n) is 8.15. The molecule has 1 aromatic carbocycles. The number of benzene rings is 1. The molecular weight excluding hydrogens is 368 g/mol. The van der Waals surface area contributed by atoms with Crippen molar-refractivity contribution in [3.05, 3.63) is 48.0 Å². The van der Waals surface area contributed by atoms with Crippen molar-refractivity contribution in [2.24, 2.45) is 5.92 Å². The van der Waals surface area contributed by atoms with Crippen molar-refractivity contribution in [3.63, 3.8) is 0 Å². The average molecular weight is 392 g/mol. The number of carbonyl (C=O) groups is 1. The third kappa shape index (κ3) is 3.08. The summed E-state index contributed by atoms with van der Waals surface area (Å²) in [5.74, 6) is -0.0607. The molecule has 3 aliphatic rings. The van der Waals surface area contributed by atoms with Gasteiger partial charge in [-0.3, -0.25) is 9.78 Å². The van der Waals surface area contributed by atoms with Crippen molar-refractivity contribution >= 4 is 16.7 Å². The highest BCUT2D eigenvalue weighted by Crippen LogP contribution is 2.35. The Balaban J connectivity index is 1.37. The quantitative estimate of drug-likeness (QED) is 0.695. The Hall–Kier alpha value is -2.84. The summed E-state index contributed by atoms with van der Waals surface area (Å²) in [6.07, 6.45) is 5.50. The molecule has 3 aliphatic heterocycles. The highest BCUT2D eigenvalue weighted by molar-refractivity contribution is 5.94. The van der Waals surface area contributed by atoms with Crippen molar-refractivity contribution in [1.82, 2.24) is 30.2 Å². The molecule has 5 heterocycles. The minimum absolute atomic E-state index is 0.235. The van der Waals surface area contributed by atoms with E-state index in [0.717, 1.165) is 42.4 Å². The van der Waals surface area contributed by atoms with Crippen LogP contribution in [0.3, 0.4) is 0 Å². The Bertz CT molecular complexity index is 1070. The van der Waals surface area contributed by atoms with E-state index in [9.17, 15) is 9.90 Å². The van der Waals surface area contributed by atoms with Crippen LogP contribution in [0.2, 0.25) is 0 Å².